The zero-order valence-electron chi connectivity index (χ0n) is 11.3. The Balaban J connectivity index is 1.92. The van der Waals surface area contributed by atoms with Crippen molar-refractivity contribution >= 4 is 11.6 Å². The molecule has 2 rings (SSSR count). The van der Waals surface area contributed by atoms with Crippen LogP contribution < -0.4 is 5.32 Å². The third kappa shape index (κ3) is 4.25. The van der Waals surface area contributed by atoms with Crippen LogP contribution in [0.5, 0.6) is 0 Å². The molecule has 1 unspecified atom stereocenters. The van der Waals surface area contributed by atoms with Crippen LogP contribution >= 0.6 is 0 Å². The quantitative estimate of drug-likeness (QED) is 0.889. The van der Waals surface area contributed by atoms with E-state index in [1.54, 1.807) is 6.92 Å². The standard InChI is InChI=1S/C14H18F2N2O2/c1-14(20)3-2-4-18(9-14)8-13(19)17-12-6-10(15)5-11(16)7-12/h5-7,20H,2-4,8-9H2,1H3,(H,17,19). The highest BCUT2D eigenvalue weighted by atomic mass is 19.1. The molecule has 20 heavy (non-hydrogen) atoms. The zero-order valence-corrected chi connectivity index (χ0v) is 11.3. The minimum atomic E-state index is -0.788. The number of benzene rings is 1. The summed E-state index contributed by atoms with van der Waals surface area (Å²) in [6.07, 6.45) is 1.52. The summed E-state index contributed by atoms with van der Waals surface area (Å²) in [5, 5.41) is 12.4. The summed E-state index contributed by atoms with van der Waals surface area (Å²) in [6, 6.07) is 2.87. The zero-order chi connectivity index (χ0) is 14.8. The number of nitrogens with zero attached hydrogens (tertiary/aromatic N) is 1. The largest absolute Gasteiger partial charge is 0.389 e. The molecule has 110 valence electrons. The third-order valence-electron chi connectivity index (χ3n) is 3.27. The topological polar surface area (TPSA) is 52.6 Å². The summed E-state index contributed by atoms with van der Waals surface area (Å²) >= 11 is 0. The number of rotatable bonds is 3. The SMILES string of the molecule is CC1(O)CCCN(CC(=O)Nc2cc(F)cc(F)c2)C1. The summed E-state index contributed by atoms with van der Waals surface area (Å²) in [5.74, 6) is -1.82. The maximum Gasteiger partial charge on any atom is 0.238 e. The monoisotopic (exact) mass is 284 g/mol. The summed E-state index contributed by atoms with van der Waals surface area (Å²) < 4.78 is 26.0. The number of amides is 1. The highest BCUT2D eigenvalue weighted by Gasteiger charge is 2.29. The molecule has 0 spiro atoms. The van der Waals surface area contributed by atoms with Gasteiger partial charge in [-0.25, -0.2) is 8.78 Å². The van der Waals surface area contributed by atoms with Gasteiger partial charge >= 0.3 is 0 Å². The van der Waals surface area contributed by atoms with Crippen LogP contribution in [-0.4, -0.2) is 41.1 Å². The molecule has 1 aromatic rings. The smallest absolute Gasteiger partial charge is 0.238 e. The van der Waals surface area contributed by atoms with Crippen LogP contribution in [-0.2, 0) is 4.79 Å². The van der Waals surface area contributed by atoms with E-state index in [9.17, 15) is 18.7 Å². The van der Waals surface area contributed by atoms with Crippen molar-refractivity contribution in [2.75, 3.05) is 25.0 Å². The number of hydrogen-bond donors (Lipinski definition) is 2. The van der Waals surface area contributed by atoms with E-state index in [0.717, 1.165) is 31.2 Å². The van der Waals surface area contributed by atoms with Crippen LogP contribution in [0.2, 0.25) is 0 Å². The number of halogens is 2. The van der Waals surface area contributed by atoms with Crippen LogP contribution in [0.25, 0.3) is 0 Å². The van der Waals surface area contributed by atoms with Gasteiger partial charge in [-0.1, -0.05) is 0 Å². The molecule has 0 aliphatic carbocycles. The molecular formula is C14H18F2N2O2. The lowest BCUT2D eigenvalue weighted by Gasteiger charge is -2.36. The first-order valence-corrected chi connectivity index (χ1v) is 6.55. The summed E-state index contributed by atoms with van der Waals surface area (Å²) in [7, 11) is 0. The van der Waals surface area contributed by atoms with E-state index in [1.807, 2.05) is 4.90 Å². The molecule has 1 saturated heterocycles. The van der Waals surface area contributed by atoms with E-state index in [2.05, 4.69) is 5.32 Å². The molecule has 1 atom stereocenters. The second kappa shape index (κ2) is 5.85. The Morgan fingerprint density at radius 2 is 2.05 bits per heavy atom. The van der Waals surface area contributed by atoms with E-state index in [-0.39, 0.29) is 18.1 Å². The summed E-state index contributed by atoms with van der Waals surface area (Å²) in [6.45, 7) is 2.96. The van der Waals surface area contributed by atoms with Gasteiger partial charge in [0.1, 0.15) is 11.6 Å². The van der Waals surface area contributed by atoms with Gasteiger partial charge in [0.05, 0.1) is 12.1 Å². The molecule has 1 aromatic carbocycles. The highest BCUT2D eigenvalue weighted by Crippen LogP contribution is 2.20. The number of carbonyl (C=O) groups is 1. The van der Waals surface area contributed by atoms with Gasteiger partial charge in [0, 0.05) is 18.3 Å². The van der Waals surface area contributed by atoms with E-state index in [1.165, 1.54) is 0 Å². The van der Waals surface area contributed by atoms with Crippen LogP contribution in [0.3, 0.4) is 0 Å². The molecule has 0 bridgehead atoms. The second-order valence-electron chi connectivity index (χ2n) is 5.52. The second-order valence-corrected chi connectivity index (χ2v) is 5.52. The van der Waals surface area contributed by atoms with Crippen molar-refractivity contribution in [3.63, 3.8) is 0 Å². The van der Waals surface area contributed by atoms with Gasteiger partial charge in [-0.15, -0.1) is 0 Å². The molecule has 1 heterocycles. The fourth-order valence-electron chi connectivity index (χ4n) is 2.49. The lowest BCUT2D eigenvalue weighted by Crippen LogP contribution is -2.48. The average molecular weight is 284 g/mol. The van der Waals surface area contributed by atoms with E-state index in [0.29, 0.717) is 13.0 Å². The first kappa shape index (κ1) is 14.9. The molecule has 1 aliphatic heterocycles. The fourth-order valence-corrected chi connectivity index (χ4v) is 2.49. The van der Waals surface area contributed by atoms with Crippen LogP contribution in [0.1, 0.15) is 19.8 Å². The Morgan fingerprint density at radius 3 is 2.65 bits per heavy atom. The normalized spacial score (nSPS) is 23.6. The average Bonchev–Trinajstić information content (AvgIpc) is 2.25. The molecule has 0 aromatic heterocycles. The van der Waals surface area contributed by atoms with E-state index in [4.69, 9.17) is 0 Å². The Kier molecular flexibility index (Phi) is 4.35. The summed E-state index contributed by atoms with van der Waals surface area (Å²) in [5.41, 5.74) is -0.694. The van der Waals surface area contributed by atoms with Crippen molar-refractivity contribution < 1.29 is 18.7 Å². The Labute approximate surface area is 116 Å². The molecule has 0 radical (unpaired) electrons. The number of aliphatic hydroxyl groups is 1. The lowest BCUT2D eigenvalue weighted by molar-refractivity contribution is -0.118. The first-order chi connectivity index (χ1) is 9.34. The van der Waals surface area contributed by atoms with Crippen molar-refractivity contribution in [1.29, 1.82) is 0 Å². The van der Waals surface area contributed by atoms with Gasteiger partial charge in [0.15, 0.2) is 0 Å². The van der Waals surface area contributed by atoms with Gasteiger partial charge in [-0.2, -0.15) is 0 Å². The van der Waals surface area contributed by atoms with Crippen molar-refractivity contribution in [2.24, 2.45) is 0 Å². The van der Waals surface area contributed by atoms with E-state index >= 15 is 0 Å². The predicted molar refractivity (Wildman–Crippen MR) is 71.3 cm³/mol. The molecule has 1 amide bonds. The van der Waals surface area contributed by atoms with Gasteiger partial charge in [-0.3, -0.25) is 9.69 Å². The lowest BCUT2D eigenvalue weighted by atomic mass is 9.95. The number of piperidine rings is 1. The third-order valence-corrected chi connectivity index (χ3v) is 3.27. The molecule has 1 fully saturated rings. The number of likely N-dealkylation sites (tertiary alicyclic amines) is 1. The Bertz CT molecular complexity index is 486. The molecular weight excluding hydrogens is 266 g/mol. The number of hydrogen-bond acceptors (Lipinski definition) is 3. The van der Waals surface area contributed by atoms with Gasteiger partial charge in [0.25, 0.3) is 0 Å². The number of anilines is 1. The Morgan fingerprint density at radius 1 is 1.40 bits per heavy atom. The van der Waals surface area contributed by atoms with Gasteiger partial charge in [0.2, 0.25) is 5.91 Å². The number of carbonyl (C=O) groups excluding carboxylic acids is 1. The maximum absolute atomic E-state index is 13.0. The van der Waals surface area contributed by atoms with Crippen LogP contribution in [0.4, 0.5) is 14.5 Å². The number of β-amino-alcohol motifs (C(OH)–C–C–N with tert-alkyl or cyclic N) is 1. The molecule has 6 heteroatoms. The van der Waals surface area contributed by atoms with Gasteiger partial charge in [-0.05, 0) is 38.4 Å². The maximum atomic E-state index is 13.0. The van der Waals surface area contributed by atoms with Crippen molar-refractivity contribution in [3.05, 3.63) is 29.8 Å². The first-order valence-electron chi connectivity index (χ1n) is 6.55. The Hall–Kier alpha value is -1.53. The van der Waals surface area contributed by atoms with Crippen molar-refractivity contribution in [3.8, 4) is 0 Å². The predicted octanol–water partition coefficient (Wildman–Crippen LogP) is 1.75. The number of nitrogens with one attached hydrogen (secondary N) is 1. The fraction of sp³-hybridized carbons (Fsp3) is 0.500. The minimum absolute atomic E-state index is 0.0915. The van der Waals surface area contributed by atoms with Crippen LogP contribution in [0.15, 0.2) is 18.2 Å². The summed E-state index contributed by atoms with van der Waals surface area (Å²) in [4.78, 5) is 13.7. The van der Waals surface area contributed by atoms with Gasteiger partial charge < -0.3 is 10.4 Å². The van der Waals surface area contributed by atoms with Crippen molar-refractivity contribution in [2.45, 2.75) is 25.4 Å². The highest BCUT2D eigenvalue weighted by molar-refractivity contribution is 5.92. The minimum Gasteiger partial charge on any atom is -0.389 e. The molecule has 1 aliphatic rings. The van der Waals surface area contributed by atoms with E-state index < -0.39 is 17.2 Å². The molecule has 2 N–H and O–H groups in total. The molecule has 4 nitrogen and oxygen atoms in total. The van der Waals surface area contributed by atoms with Crippen LogP contribution in [0, 0.1) is 11.6 Å². The molecule has 0 saturated carbocycles. The van der Waals surface area contributed by atoms with Crippen molar-refractivity contribution in [1.82, 2.24) is 4.90 Å².